The topological polar surface area (TPSA) is 62.6 Å². The molecule has 2 atom stereocenters. The third-order valence-electron chi connectivity index (χ3n) is 6.06. The Hall–Kier alpha value is -2.56. The Morgan fingerprint density at radius 1 is 1.11 bits per heavy atom. The van der Waals surface area contributed by atoms with Gasteiger partial charge in [-0.05, 0) is 61.4 Å². The summed E-state index contributed by atoms with van der Waals surface area (Å²) in [7, 11) is 0. The van der Waals surface area contributed by atoms with Gasteiger partial charge in [0, 0.05) is 24.3 Å². The molecular weight excluding hydrogens is 340 g/mol. The molecule has 0 radical (unpaired) electrons. The summed E-state index contributed by atoms with van der Waals surface area (Å²) in [6.45, 7) is 3.62. The van der Waals surface area contributed by atoms with Crippen molar-refractivity contribution in [3.8, 4) is 0 Å². The zero-order valence-corrected chi connectivity index (χ0v) is 15.7. The van der Waals surface area contributed by atoms with Crippen LogP contribution in [0.5, 0.6) is 0 Å². The van der Waals surface area contributed by atoms with Crippen LogP contribution in [0.15, 0.2) is 41.0 Å². The van der Waals surface area contributed by atoms with Gasteiger partial charge in [0.1, 0.15) is 0 Å². The number of nitrogens with zero attached hydrogens (tertiary/aromatic N) is 1. The Morgan fingerprint density at radius 2 is 1.93 bits per heavy atom. The largest absolute Gasteiger partial charge is 0.459 e. The fourth-order valence-electron chi connectivity index (χ4n) is 4.45. The number of piperidine rings is 1. The first kappa shape index (κ1) is 17.8. The molecule has 2 aromatic rings. The van der Waals surface area contributed by atoms with Gasteiger partial charge in [0.2, 0.25) is 0 Å². The van der Waals surface area contributed by atoms with Crippen LogP contribution in [0.25, 0.3) is 0 Å². The molecule has 0 unspecified atom stereocenters. The standard InChI is InChI=1S/C22H26N2O3/c1-15-8-9-17(13-19(15)23-21(25)20-7-4-12-27-20)22(26)24-11-10-16-5-2-3-6-18(16)14-24/h4,7-9,12-13,16,18H,2-3,5-6,10-11,14H2,1H3,(H,23,25)/t16-,18-/m0/s1. The molecule has 0 spiro atoms. The minimum absolute atomic E-state index is 0.0625. The fraction of sp³-hybridized carbons (Fsp3) is 0.455. The van der Waals surface area contributed by atoms with Crippen LogP contribution in [0.4, 0.5) is 5.69 Å². The molecule has 1 aromatic heterocycles. The lowest BCUT2D eigenvalue weighted by atomic mass is 9.75. The van der Waals surface area contributed by atoms with Crippen LogP contribution in [0, 0.1) is 18.8 Å². The maximum Gasteiger partial charge on any atom is 0.291 e. The highest BCUT2D eigenvalue weighted by atomic mass is 16.3. The highest BCUT2D eigenvalue weighted by molar-refractivity contribution is 6.03. The lowest BCUT2D eigenvalue weighted by molar-refractivity contribution is 0.0521. The van der Waals surface area contributed by atoms with E-state index in [0.717, 1.165) is 31.0 Å². The molecule has 1 aliphatic carbocycles. The van der Waals surface area contributed by atoms with E-state index in [2.05, 4.69) is 5.32 Å². The Morgan fingerprint density at radius 3 is 2.70 bits per heavy atom. The van der Waals surface area contributed by atoms with Gasteiger partial charge in [-0.2, -0.15) is 0 Å². The summed E-state index contributed by atoms with van der Waals surface area (Å²) in [6.07, 6.45) is 7.77. The fourth-order valence-corrected chi connectivity index (χ4v) is 4.45. The molecule has 1 N–H and O–H groups in total. The highest BCUT2D eigenvalue weighted by Gasteiger charge is 2.33. The van der Waals surface area contributed by atoms with E-state index in [1.165, 1.54) is 31.9 Å². The molecule has 1 aromatic carbocycles. The number of nitrogens with one attached hydrogen (secondary N) is 1. The molecule has 142 valence electrons. The molecule has 1 aliphatic heterocycles. The molecule has 1 saturated carbocycles. The van der Waals surface area contributed by atoms with Crippen LogP contribution in [0.3, 0.4) is 0 Å². The predicted molar refractivity (Wildman–Crippen MR) is 104 cm³/mol. The lowest BCUT2D eigenvalue weighted by Crippen LogP contribution is -2.44. The van der Waals surface area contributed by atoms with E-state index < -0.39 is 0 Å². The number of amides is 2. The van der Waals surface area contributed by atoms with Gasteiger partial charge in [-0.15, -0.1) is 0 Å². The second kappa shape index (κ2) is 7.59. The average molecular weight is 366 g/mol. The Balaban J connectivity index is 1.48. The normalized spacial score (nSPS) is 22.2. The van der Waals surface area contributed by atoms with Crippen molar-refractivity contribution in [2.45, 2.75) is 39.0 Å². The van der Waals surface area contributed by atoms with Crippen molar-refractivity contribution in [2.75, 3.05) is 18.4 Å². The number of carbonyl (C=O) groups is 2. The summed E-state index contributed by atoms with van der Waals surface area (Å²) in [5.74, 6) is 1.46. The Bertz CT molecular complexity index is 828. The number of anilines is 1. The molecule has 1 saturated heterocycles. The van der Waals surface area contributed by atoms with Crippen LogP contribution in [0.1, 0.15) is 58.6 Å². The first-order valence-corrected chi connectivity index (χ1v) is 9.86. The van der Waals surface area contributed by atoms with Crippen LogP contribution in [0.2, 0.25) is 0 Å². The van der Waals surface area contributed by atoms with Crippen molar-refractivity contribution in [2.24, 2.45) is 11.8 Å². The summed E-state index contributed by atoms with van der Waals surface area (Å²) >= 11 is 0. The van der Waals surface area contributed by atoms with E-state index in [9.17, 15) is 9.59 Å². The molecule has 27 heavy (non-hydrogen) atoms. The van der Waals surface area contributed by atoms with Gasteiger partial charge < -0.3 is 14.6 Å². The zero-order valence-electron chi connectivity index (χ0n) is 15.7. The predicted octanol–water partition coefficient (Wildman–Crippen LogP) is 4.49. The summed E-state index contributed by atoms with van der Waals surface area (Å²) in [6, 6.07) is 8.82. The van der Waals surface area contributed by atoms with E-state index in [1.807, 2.05) is 24.0 Å². The van der Waals surface area contributed by atoms with Crippen LogP contribution in [-0.2, 0) is 0 Å². The molecule has 2 heterocycles. The molecule has 0 bridgehead atoms. The monoisotopic (exact) mass is 366 g/mol. The maximum absolute atomic E-state index is 13.0. The van der Waals surface area contributed by atoms with E-state index in [1.54, 1.807) is 18.2 Å². The summed E-state index contributed by atoms with van der Waals surface area (Å²) in [5.41, 5.74) is 2.19. The Kier molecular flexibility index (Phi) is 5.01. The maximum atomic E-state index is 13.0. The van der Waals surface area contributed by atoms with Crippen molar-refractivity contribution in [3.05, 3.63) is 53.5 Å². The molecule has 2 amide bonds. The van der Waals surface area contributed by atoms with Gasteiger partial charge in [0.15, 0.2) is 5.76 Å². The first-order chi connectivity index (χ1) is 13.1. The Labute approximate surface area is 159 Å². The van der Waals surface area contributed by atoms with E-state index in [-0.39, 0.29) is 17.6 Å². The quantitative estimate of drug-likeness (QED) is 0.870. The van der Waals surface area contributed by atoms with Gasteiger partial charge in [-0.1, -0.05) is 25.3 Å². The van der Waals surface area contributed by atoms with Gasteiger partial charge in [0.05, 0.1) is 6.26 Å². The second-order valence-corrected chi connectivity index (χ2v) is 7.81. The average Bonchev–Trinajstić information content (AvgIpc) is 3.24. The smallest absolute Gasteiger partial charge is 0.291 e. The van der Waals surface area contributed by atoms with Crippen molar-refractivity contribution in [1.82, 2.24) is 4.90 Å². The van der Waals surface area contributed by atoms with E-state index in [4.69, 9.17) is 4.42 Å². The molecule has 4 rings (SSSR count). The molecular formula is C22H26N2O3. The summed E-state index contributed by atoms with van der Waals surface area (Å²) in [5, 5.41) is 2.85. The number of hydrogen-bond donors (Lipinski definition) is 1. The van der Waals surface area contributed by atoms with Crippen LogP contribution < -0.4 is 5.32 Å². The van der Waals surface area contributed by atoms with Crippen LogP contribution in [-0.4, -0.2) is 29.8 Å². The van der Waals surface area contributed by atoms with Gasteiger partial charge in [0.25, 0.3) is 11.8 Å². The first-order valence-electron chi connectivity index (χ1n) is 9.86. The van der Waals surface area contributed by atoms with Crippen molar-refractivity contribution < 1.29 is 14.0 Å². The second-order valence-electron chi connectivity index (χ2n) is 7.81. The van der Waals surface area contributed by atoms with Gasteiger partial charge in [-0.25, -0.2) is 0 Å². The van der Waals surface area contributed by atoms with E-state index >= 15 is 0 Å². The SMILES string of the molecule is Cc1ccc(C(=O)N2CC[C@@H]3CCCC[C@H]3C2)cc1NC(=O)c1ccco1. The summed E-state index contributed by atoms with van der Waals surface area (Å²) in [4.78, 5) is 27.3. The van der Waals surface area contributed by atoms with Crippen molar-refractivity contribution in [3.63, 3.8) is 0 Å². The van der Waals surface area contributed by atoms with E-state index in [0.29, 0.717) is 17.2 Å². The van der Waals surface area contributed by atoms with Crippen molar-refractivity contribution in [1.29, 1.82) is 0 Å². The molecule has 2 aliphatic rings. The van der Waals surface area contributed by atoms with Gasteiger partial charge >= 0.3 is 0 Å². The highest BCUT2D eigenvalue weighted by Crippen LogP contribution is 2.36. The zero-order chi connectivity index (χ0) is 18.8. The number of aryl methyl sites for hydroxylation is 1. The number of fused-ring (bicyclic) bond motifs is 1. The number of furan rings is 1. The third-order valence-corrected chi connectivity index (χ3v) is 6.06. The third kappa shape index (κ3) is 3.77. The minimum Gasteiger partial charge on any atom is -0.459 e. The molecule has 5 heteroatoms. The van der Waals surface area contributed by atoms with Gasteiger partial charge in [-0.3, -0.25) is 9.59 Å². The van der Waals surface area contributed by atoms with Crippen molar-refractivity contribution >= 4 is 17.5 Å². The van der Waals surface area contributed by atoms with Crippen LogP contribution >= 0.6 is 0 Å². The lowest BCUT2D eigenvalue weighted by Gasteiger charge is -2.41. The number of rotatable bonds is 3. The number of hydrogen-bond acceptors (Lipinski definition) is 3. The molecule has 2 fully saturated rings. The molecule has 5 nitrogen and oxygen atoms in total. The minimum atomic E-state index is -0.310. The number of likely N-dealkylation sites (tertiary alicyclic amines) is 1. The number of benzene rings is 1. The number of carbonyl (C=O) groups excluding carboxylic acids is 2. The summed E-state index contributed by atoms with van der Waals surface area (Å²) < 4.78 is 5.14.